The summed E-state index contributed by atoms with van der Waals surface area (Å²) in [6, 6.07) is 11.1. The number of carbonyl (C=O) groups is 1. The Morgan fingerprint density at radius 2 is 1.82 bits per heavy atom. The number of nitrogens with zero attached hydrogens (tertiary/aromatic N) is 1. The molecule has 0 amide bonds. The van der Waals surface area contributed by atoms with Gasteiger partial charge in [-0.25, -0.2) is 0 Å². The second kappa shape index (κ2) is 9.16. The Kier molecular flexibility index (Phi) is 6.86. The lowest BCUT2D eigenvalue weighted by molar-refractivity contribution is -0.143. The van der Waals surface area contributed by atoms with Crippen LogP contribution >= 0.6 is 27.5 Å². The SMILES string of the molecule is COc1ccc(Cl)cc1C(c1cc(Br)ccc1OC)N1CCCC(C(=O)O)C1. The van der Waals surface area contributed by atoms with Crippen molar-refractivity contribution in [3.05, 3.63) is 57.0 Å². The topological polar surface area (TPSA) is 59.0 Å². The zero-order chi connectivity index (χ0) is 20.3. The largest absolute Gasteiger partial charge is 0.496 e. The third-order valence-electron chi connectivity index (χ3n) is 5.14. The minimum absolute atomic E-state index is 0.247. The molecule has 28 heavy (non-hydrogen) atoms. The van der Waals surface area contributed by atoms with Crippen LogP contribution in [0, 0.1) is 5.92 Å². The Morgan fingerprint density at radius 1 is 1.18 bits per heavy atom. The summed E-state index contributed by atoms with van der Waals surface area (Å²) >= 11 is 9.87. The smallest absolute Gasteiger partial charge is 0.307 e. The summed E-state index contributed by atoms with van der Waals surface area (Å²) in [4.78, 5) is 13.8. The monoisotopic (exact) mass is 467 g/mol. The number of hydrogen-bond acceptors (Lipinski definition) is 4. The maximum absolute atomic E-state index is 11.6. The predicted octanol–water partition coefficient (Wildman–Crippen LogP) is 5.01. The molecule has 0 aromatic heterocycles. The van der Waals surface area contributed by atoms with Crippen LogP contribution < -0.4 is 9.47 Å². The van der Waals surface area contributed by atoms with E-state index in [-0.39, 0.29) is 6.04 Å². The van der Waals surface area contributed by atoms with E-state index in [0.717, 1.165) is 34.3 Å². The lowest BCUT2D eigenvalue weighted by Crippen LogP contribution is -2.41. The molecule has 2 unspecified atom stereocenters. The molecule has 3 rings (SSSR count). The van der Waals surface area contributed by atoms with Gasteiger partial charge in [0.1, 0.15) is 11.5 Å². The van der Waals surface area contributed by atoms with Gasteiger partial charge in [0.25, 0.3) is 0 Å². The molecule has 0 aliphatic carbocycles. The summed E-state index contributed by atoms with van der Waals surface area (Å²) < 4.78 is 12.2. The van der Waals surface area contributed by atoms with Gasteiger partial charge >= 0.3 is 5.97 Å². The standard InChI is InChI=1S/C21H23BrClNO4/c1-27-18-7-5-14(22)10-16(18)20(17-11-15(23)6-8-19(17)28-2)24-9-3-4-13(12-24)21(25)26/h5-8,10-11,13,20H,3-4,9,12H2,1-2H3,(H,25,26). The van der Waals surface area contributed by atoms with Crippen LogP contribution in [0.5, 0.6) is 11.5 Å². The van der Waals surface area contributed by atoms with E-state index in [9.17, 15) is 9.90 Å². The molecule has 7 heteroatoms. The Balaban J connectivity index is 2.16. The molecule has 1 N–H and O–H groups in total. The molecule has 1 saturated heterocycles. The minimum Gasteiger partial charge on any atom is -0.496 e. The Labute approximate surface area is 178 Å². The van der Waals surface area contributed by atoms with Crippen molar-refractivity contribution in [2.75, 3.05) is 27.3 Å². The number of halogens is 2. The van der Waals surface area contributed by atoms with Crippen LogP contribution in [0.15, 0.2) is 40.9 Å². The fourth-order valence-electron chi connectivity index (χ4n) is 3.84. The fourth-order valence-corrected chi connectivity index (χ4v) is 4.40. The van der Waals surface area contributed by atoms with Gasteiger partial charge in [0.15, 0.2) is 0 Å². The summed E-state index contributed by atoms with van der Waals surface area (Å²) in [5.74, 6) is 0.267. The maximum atomic E-state index is 11.6. The van der Waals surface area contributed by atoms with E-state index in [2.05, 4.69) is 20.8 Å². The molecule has 1 aliphatic rings. The van der Waals surface area contributed by atoms with Gasteiger partial charge in [0.05, 0.1) is 26.2 Å². The van der Waals surface area contributed by atoms with Crippen molar-refractivity contribution in [2.45, 2.75) is 18.9 Å². The summed E-state index contributed by atoms with van der Waals surface area (Å²) in [5, 5.41) is 10.2. The lowest BCUT2D eigenvalue weighted by Gasteiger charge is -2.38. The molecule has 150 valence electrons. The van der Waals surface area contributed by atoms with Gasteiger partial charge < -0.3 is 14.6 Å². The second-order valence-corrected chi connectivity index (χ2v) is 8.20. The maximum Gasteiger partial charge on any atom is 0.307 e. The van der Waals surface area contributed by atoms with Gasteiger partial charge in [-0.3, -0.25) is 9.69 Å². The van der Waals surface area contributed by atoms with Crippen LogP contribution in [0.25, 0.3) is 0 Å². The van der Waals surface area contributed by atoms with E-state index < -0.39 is 11.9 Å². The Morgan fingerprint density at radius 3 is 2.46 bits per heavy atom. The summed E-state index contributed by atoms with van der Waals surface area (Å²) in [6.45, 7) is 1.23. The lowest BCUT2D eigenvalue weighted by atomic mass is 9.90. The number of benzene rings is 2. The van der Waals surface area contributed by atoms with Crippen LogP contribution in [-0.4, -0.2) is 43.3 Å². The van der Waals surface area contributed by atoms with Crippen LogP contribution in [0.1, 0.15) is 30.0 Å². The summed E-state index contributed by atoms with van der Waals surface area (Å²) in [5.41, 5.74) is 1.82. The normalized spacial score (nSPS) is 18.5. The molecular formula is C21H23BrClNO4. The highest BCUT2D eigenvalue weighted by Crippen LogP contribution is 2.42. The molecular weight excluding hydrogens is 446 g/mol. The predicted molar refractivity (Wildman–Crippen MR) is 112 cm³/mol. The average Bonchev–Trinajstić information content (AvgIpc) is 2.69. The number of methoxy groups -OCH3 is 2. The van der Waals surface area contributed by atoms with Gasteiger partial charge in [0.2, 0.25) is 0 Å². The first-order chi connectivity index (χ1) is 13.4. The molecule has 0 radical (unpaired) electrons. The third-order valence-corrected chi connectivity index (χ3v) is 5.87. The summed E-state index contributed by atoms with van der Waals surface area (Å²) in [6.07, 6.45) is 1.49. The van der Waals surface area contributed by atoms with Crippen LogP contribution in [0.2, 0.25) is 5.02 Å². The molecule has 0 spiro atoms. The number of rotatable bonds is 6. The zero-order valence-corrected chi connectivity index (χ0v) is 18.2. The molecule has 5 nitrogen and oxygen atoms in total. The first kappa shape index (κ1) is 21.0. The Hall–Kier alpha value is -1.76. The van der Waals surface area contributed by atoms with Crippen LogP contribution in [0.3, 0.4) is 0 Å². The molecule has 0 saturated carbocycles. The van der Waals surface area contributed by atoms with Crippen molar-refractivity contribution in [3.8, 4) is 11.5 Å². The molecule has 1 aliphatic heterocycles. The van der Waals surface area contributed by atoms with Crippen molar-refractivity contribution >= 4 is 33.5 Å². The van der Waals surface area contributed by atoms with E-state index in [4.69, 9.17) is 21.1 Å². The van der Waals surface area contributed by atoms with E-state index in [0.29, 0.717) is 23.7 Å². The third kappa shape index (κ3) is 4.45. The second-order valence-electron chi connectivity index (χ2n) is 6.85. The quantitative estimate of drug-likeness (QED) is 0.646. The minimum atomic E-state index is -0.761. The van der Waals surface area contributed by atoms with E-state index in [1.807, 2.05) is 30.3 Å². The van der Waals surface area contributed by atoms with Crippen LogP contribution in [-0.2, 0) is 4.79 Å². The molecule has 2 aromatic carbocycles. The molecule has 2 atom stereocenters. The van der Waals surface area contributed by atoms with Gasteiger partial charge in [-0.2, -0.15) is 0 Å². The Bertz CT molecular complexity index is 807. The molecule has 0 bridgehead atoms. The first-order valence-corrected chi connectivity index (χ1v) is 10.3. The van der Waals surface area contributed by atoms with Crippen molar-refractivity contribution in [3.63, 3.8) is 0 Å². The van der Waals surface area contributed by atoms with Gasteiger partial charge in [0, 0.05) is 27.2 Å². The molecule has 1 fully saturated rings. The fraction of sp³-hybridized carbons (Fsp3) is 0.381. The number of likely N-dealkylation sites (tertiary alicyclic amines) is 1. The van der Waals surface area contributed by atoms with Gasteiger partial charge in [-0.15, -0.1) is 0 Å². The van der Waals surface area contributed by atoms with E-state index >= 15 is 0 Å². The number of carboxylic acids is 1. The van der Waals surface area contributed by atoms with Gasteiger partial charge in [-0.05, 0) is 55.8 Å². The number of carboxylic acid groups (broad SMARTS) is 1. The number of hydrogen-bond donors (Lipinski definition) is 1. The van der Waals surface area contributed by atoms with Crippen molar-refractivity contribution < 1.29 is 19.4 Å². The first-order valence-electron chi connectivity index (χ1n) is 9.08. The number of ether oxygens (including phenoxy) is 2. The highest BCUT2D eigenvalue weighted by atomic mass is 79.9. The van der Waals surface area contributed by atoms with Crippen molar-refractivity contribution in [1.82, 2.24) is 4.90 Å². The van der Waals surface area contributed by atoms with E-state index in [1.165, 1.54) is 0 Å². The molecule has 1 heterocycles. The van der Waals surface area contributed by atoms with Gasteiger partial charge in [-0.1, -0.05) is 27.5 Å². The van der Waals surface area contributed by atoms with Crippen LogP contribution in [0.4, 0.5) is 0 Å². The van der Waals surface area contributed by atoms with Crippen molar-refractivity contribution in [2.24, 2.45) is 5.92 Å². The number of piperidine rings is 1. The zero-order valence-electron chi connectivity index (χ0n) is 15.8. The highest BCUT2D eigenvalue weighted by Gasteiger charge is 2.34. The number of aliphatic carboxylic acids is 1. The summed E-state index contributed by atoms with van der Waals surface area (Å²) in [7, 11) is 3.26. The van der Waals surface area contributed by atoms with E-state index in [1.54, 1.807) is 20.3 Å². The highest BCUT2D eigenvalue weighted by molar-refractivity contribution is 9.10. The van der Waals surface area contributed by atoms with Crippen molar-refractivity contribution in [1.29, 1.82) is 0 Å². The average molecular weight is 469 g/mol. The molecule has 2 aromatic rings.